The SMILES string of the molecule is CC1=C[C@]23C(=O)[C@@H](C=C(CO)[C@@H](O)[C@]2(O)[C@H]1Oc1ncccc1Cl)[C@H]1[C@@H](C[C@H]3C)C1(C)C. The fourth-order valence-electron chi connectivity index (χ4n) is 7.16. The normalized spacial score (nSPS) is 43.9. The standard InChI is InChI=1S/C25H30ClNO5/c1-12-10-24-13(2)8-16-18(23(16,3)4)15(20(24)30)9-14(11-28)19(29)25(24,31)21(12)32-22-17(26)6-5-7-27-22/h5-7,9-10,13,15-16,18-19,21,28-29,31H,8,11H2,1-4H3/t13-,15+,16-,18+,19-,21+,24+,25+/m1/s1. The summed E-state index contributed by atoms with van der Waals surface area (Å²) in [4.78, 5) is 18.5. The van der Waals surface area contributed by atoms with Crippen molar-refractivity contribution in [3.63, 3.8) is 0 Å². The molecule has 6 nitrogen and oxygen atoms in total. The van der Waals surface area contributed by atoms with Gasteiger partial charge in [-0.15, -0.1) is 0 Å². The number of fused-ring (bicyclic) bond motifs is 3. The lowest BCUT2D eigenvalue weighted by atomic mass is 9.59. The predicted molar refractivity (Wildman–Crippen MR) is 119 cm³/mol. The van der Waals surface area contributed by atoms with E-state index in [-0.39, 0.29) is 39.5 Å². The average molecular weight is 460 g/mol. The van der Waals surface area contributed by atoms with Crippen LogP contribution in [0, 0.1) is 34.5 Å². The molecule has 172 valence electrons. The summed E-state index contributed by atoms with van der Waals surface area (Å²) in [6, 6.07) is 3.30. The molecule has 0 unspecified atom stereocenters. The maximum atomic E-state index is 14.3. The number of ketones is 1. The Morgan fingerprint density at radius 3 is 2.72 bits per heavy atom. The minimum absolute atomic E-state index is 0.00454. The number of hydrogen-bond donors (Lipinski definition) is 3. The zero-order valence-corrected chi connectivity index (χ0v) is 19.5. The highest BCUT2D eigenvalue weighted by Crippen LogP contribution is 2.71. The van der Waals surface area contributed by atoms with E-state index >= 15 is 0 Å². The van der Waals surface area contributed by atoms with Crippen molar-refractivity contribution in [2.45, 2.75) is 51.9 Å². The lowest BCUT2D eigenvalue weighted by molar-refractivity contribution is -0.186. The Bertz CT molecular complexity index is 1050. The monoisotopic (exact) mass is 459 g/mol. The van der Waals surface area contributed by atoms with E-state index in [1.807, 2.05) is 13.0 Å². The Balaban J connectivity index is 1.70. The molecule has 2 saturated carbocycles. The van der Waals surface area contributed by atoms with Gasteiger partial charge in [-0.25, -0.2) is 4.98 Å². The van der Waals surface area contributed by atoms with Crippen LogP contribution in [0.5, 0.6) is 5.88 Å². The van der Waals surface area contributed by atoms with Crippen molar-refractivity contribution in [3.05, 3.63) is 46.7 Å². The molecule has 0 aliphatic heterocycles. The zero-order chi connectivity index (χ0) is 23.2. The van der Waals surface area contributed by atoms with Gasteiger partial charge in [-0.2, -0.15) is 0 Å². The third kappa shape index (κ3) is 2.52. The highest BCUT2D eigenvalue weighted by Gasteiger charge is 2.76. The van der Waals surface area contributed by atoms with Gasteiger partial charge in [0.15, 0.2) is 17.5 Å². The van der Waals surface area contributed by atoms with Crippen molar-refractivity contribution in [1.29, 1.82) is 0 Å². The minimum Gasteiger partial charge on any atom is -0.465 e. The molecular formula is C25H30ClNO5. The Morgan fingerprint density at radius 1 is 1.34 bits per heavy atom. The van der Waals surface area contributed by atoms with Gasteiger partial charge in [0, 0.05) is 12.1 Å². The van der Waals surface area contributed by atoms with Crippen molar-refractivity contribution in [1.82, 2.24) is 4.98 Å². The molecule has 1 aromatic heterocycles. The minimum atomic E-state index is -2.00. The number of carbonyl (C=O) groups excluding carboxylic acids is 1. The number of pyridine rings is 1. The van der Waals surface area contributed by atoms with Crippen molar-refractivity contribution in [3.8, 4) is 5.88 Å². The van der Waals surface area contributed by atoms with E-state index in [2.05, 4.69) is 18.8 Å². The maximum Gasteiger partial charge on any atom is 0.233 e. The smallest absolute Gasteiger partial charge is 0.233 e. The fraction of sp³-hybridized carbons (Fsp3) is 0.600. The van der Waals surface area contributed by atoms with Crippen LogP contribution in [-0.2, 0) is 4.79 Å². The van der Waals surface area contributed by atoms with Crippen LogP contribution in [0.25, 0.3) is 0 Å². The first kappa shape index (κ1) is 22.1. The van der Waals surface area contributed by atoms with Gasteiger partial charge < -0.3 is 20.1 Å². The van der Waals surface area contributed by atoms with E-state index in [4.69, 9.17) is 16.3 Å². The molecule has 5 rings (SSSR count). The molecule has 4 aliphatic carbocycles. The first-order valence-corrected chi connectivity index (χ1v) is 11.6. The Kier molecular flexibility index (Phi) is 4.75. The molecule has 2 fully saturated rings. The summed E-state index contributed by atoms with van der Waals surface area (Å²) in [5.41, 5.74) is -2.45. The summed E-state index contributed by atoms with van der Waals surface area (Å²) in [7, 11) is 0. The first-order chi connectivity index (χ1) is 15.0. The summed E-state index contributed by atoms with van der Waals surface area (Å²) < 4.78 is 6.13. The van der Waals surface area contributed by atoms with Crippen LogP contribution < -0.4 is 4.74 Å². The van der Waals surface area contributed by atoms with Crippen LogP contribution in [-0.4, -0.2) is 50.5 Å². The van der Waals surface area contributed by atoms with Gasteiger partial charge in [0.2, 0.25) is 5.88 Å². The Morgan fingerprint density at radius 2 is 2.06 bits per heavy atom. The van der Waals surface area contributed by atoms with Gasteiger partial charge in [-0.05, 0) is 59.8 Å². The van der Waals surface area contributed by atoms with E-state index in [0.29, 0.717) is 11.5 Å². The van der Waals surface area contributed by atoms with Gasteiger partial charge in [-0.1, -0.05) is 44.5 Å². The molecule has 1 heterocycles. The third-order valence-corrected chi connectivity index (χ3v) is 9.14. The molecule has 0 aromatic carbocycles. The zero-order valence-electron chi connectivity index (χ0n) is 18.7. The maximum absolute atomic E-state index is 14.3. The largest absolute Gasteiger partial charge is 0.465 e. The van der Waals surface area contributed by atoms with Crippen LogP contribution >= 0.6 is 11.6 Å². The number of hydrogen-bond acceptors (Lipinski definition) is 6. The summed E-state index contributed by atoms with van der Waals surface area (Å²) in [5.74, 6) is -0.245. The number of carbonyl (C=O) groups is 1. The number of aliphatic hydroxyl groups excluding tert-OH is 2. The Labute approximate surface area is 193 Å². The van der Waals surface area contributed by atoms with Gasteiger partial charge in [0.25, 0.3) is 0 Å². The summed E-state index contributed by atoms with van der Waals surface area (Å²) in [6.45, 7) is 7.66. The van der Waals surface area contributed by atoms with Crippen LogP contribution in [0.15, 0.2) is 41.6 Å². The molecule has 4 aliphatic rings. The number of rotatable bonds is 3. The van der Waals surface area contributed by atoms with Gasteiger partial charge in [0.05, 0.1) is 12.0 Å². The fourth-order valence-corrected chi connectivity index (χ4v) is 7.33. The molecule has 0 saturated heterocycles. The molecule has 0 amide bonds. The van der Waals surface area contributed by atoms with Crippen LogP contribution in [0.2, 0.25) is 5.02 Å². The van der Waals surface area contributed by atoms with Crippen molar-refractivity contribution in [2.75, 3.05) is 6.61 Å². The van der Waals surface area contributed by atoms with Gasteiger partial charge >= 0.3 is 0 Å². The quantitative estimate of drug-likeness (QED) is 0.601. The van der Waals surface area contributed by atoms with Gasteiger partial charge in [0.1, 0.15) is 11.1 Å². The lowest BCUT2D eigenvalue weighted by Crippen LogP contribution is -2.66. The molecule has 0 radical (unpaired) electrons. The summed E-state index contributed by atoms with van der Waals surface area (Å²) in [6.07, 6.45) is 3.28. The second-order valence-electron chi connectivity index (χ2n) is 10.7. The molecule has 7 heteroatoms. The molecule has 32 heavy (non-hydrogen) atoms. The number of nitrogens with zero attached hydrogens (tertiary/aromatic N) is 1. The second-order valence-corrected chi connectivity index (χ2v) is 11.1. The topological polar surface area (TPSA) is 99.9 Å². The van der Waals surface area contributed by atoms with Crippen LogP contribution in [0.1, 0.15) is 34.1 Å². The number of allylic oxidation sites excluding steroid dienone is 1. The number of aromatic nitrogens is 1. The number of ether oxygens (including phenoxy) is 1. The number of aliphatic hydroxyl groups is 3. The van der Waals surface area contributed by atoms with Gasteiger partial charge in [-0.3, -0.25) is 4.79 Å². The molecule has 1 aromatic rings. The predicted octanol–water partition coefficient (Wildman–Crippen LogP) is 2.95. The third-order valence-electron chi connectivity index (χ3n) is 8.85. The van der Waals surface area contributed by atoms with Crippen LogP contribution in [0.4, 0.5) is 0 Å². The summed E-state index contributed by atoms with van der Waals surface area (Å²) >= 11 is 6.27. The summed E-state index contributed by atoms with van der Waals surface area (Å²) in [5, 5.41) is 34.3. The van der Waals surface area contributed by atoms with E-state index in [1.165, 1.54) is 6.20 Å². The van der Waals surface area contributed by atoms with E-state index < -0.39 is 35.7 Å². The average Bonchev–Trinajstić information content (AvgIpc) is 3.23. The molecule has 1 spiro atoms. The lowest BCUT2D eigenvalue weighted by Gasteiger charge is -2.49. The molecule has 3 N–H and O–H groups in total. The first-order valence-electron chi connectivity index (χ1n) is 11.2. The van der Waals surface area contributed by atoms with Crippen molar-refractivity contribution in [2.24, 2.45) is 34.5 Å². The molecule has 2 bridgehead atoms. The van der Waals surface area contributed by atoms with E-state index in [0.717, 1.165) is 6.42 Å². The highest BCUT2D eigenvalue weighted by molar-refractivity contribution is 6.31. The molecule has 8 atom stereocenters. The van der Waals surface area contributed by atoms with Crippen LogP contribution in [0.3, 0.4) is 0 Å². The van der Waals surface area contributed by atoms with Crippen molar-refractivity contribution >= 4 is 17.4 Å². The second kappa shape index (κ2) is 6.89. The Hall–Kier alpha value is -1.73. The van der Waals surface area contributed by atoms with Crippen molar-refractivity contribution < 1.29 is 24.9 Å². The highest BCUT2D eigenvalue weighted by atomic mass is 35.5. The number of Topliss-reactive ketones (excluding diaryl/α,β-unsaturated/α-hetero) is 1. The van der Waals surface area contributed by atoms with E-state index in [9.17, 15) is 20.1 Å². The molecular weight excluding hydrogens is 430 g/mol. The number of halogens is 1. The van der Waals surface area contributed by atoms with E-state index in [1.54, 1.807) is 25.1 Å².